The molecule has 0 unspecified atom stereocenters. The Bertz CT molecular complexity index is 101. The molecule has 0 N–H and O–H groups in total. The third-order valence-electron chi connectivity index (χ3n) is 1.72. The second kappa shape index (κ2) is 2.97. The van der Waals surface area contributed by atoms with Gasteiger partial charge in [0, 0.05) is 12.5 Å². The highest BCUT2D eigenvalue weighted by Gasteiger charge is 2.17. The molecular weight excluding hydrogens is 116 g/mol. The summed E-state index contributed by atoms with van der Waals surface area (Å²) < 4.78 is 5.25. The van der Waals surface area contributed by atoms with Crippen LogP contribution < -0.4 is 0 Å². The largest absolute Gasteiger partial charge is 0.378 e. The van der Waals surface area contributed by atoms with E-state index in [2.05, 4.69) is 0 Å². The molecule has 52 valence electrons. The molecule has 0 bridgehead atoms. The fraction of sp³-hybridized carbons (Fsp3) is 0.857. The second-order valence-corrected chi connectivity index (χ2v) is 2.60. The molecule has 0 aromatic carbocycles. The van der Waals surface area contributed by atoms with E-state index in [1.54, 1.807) is 0 Å². The summed E-state index contributed by atoms with van der Waals surface area (Å²) in [6, 6.07) is 0. The number of rotatable bonds is 1. The van der Waals surface area contributed by atoms with Crippen molar-refractivity contribution in [1.82, 2.24) is 0 Å². The zero-order valence-corrected chi connectivity index (χ0v) is 5.67. The number of hydrogen-bond donors (Lipinski definition) is 0. The van der Waals surface area contributed by atoms with Crippen LogP contribution in [0.3, 0.4) is 0 Å². The minimum absolute atomic E-state index is 0.258. The number of carbonyl (C=O) groups excluding carboxylic acids is 1. The van der Waals surface area contributed by atoms with Crippen LogP contribution in [0.25, 0.3) is 0 Å². The minimum atomic E-state index is 0.258. The van der Waals surface area contributed by atoms with Gasteiger partial charge in [0.1, 0.15) is 6.29 Å². The molecule has 1 heterocycles. The Balaban J connectivity index is 2.31. The molecule has 0 amide bonds. The zero-order chi connectivity index (χ0) is 6.69. The topological polar surface area (TPSA) is 26.3 Å². The highest BCUT2D eigenvalue weighted by atomic mass is 16.5. The van der Waals surface area contributed by atoms with E-state index in [0.29, 0.717) is 0 Å². The lowest BCUT2D eigenvalue weighted by Crippen LogP contribution is -2.23. The molecule has 9 heavy (non-hydrogen) atoms. The van der Waals surface area contributed by atoms with Gasteiger partial charge < -0.3 is 9.53 Å². The van der Waals surface area contributed by atoms with Crippen molar-refractivity contribution >= 4 is 6.29 Å². The Hall–Kier alpha value is -0.370. The Morgan fingerprint density at radius 1 is 1.67 bits per heavy atom. The van der Waals surface area contributed by atoms with Crippen LogP contribution >= 0.6 is 0 Å². The highest BCUT2D eigenvalue weighted by Crippen LogP contribution is 2.16. The normalized spacial score (nSPS) is 36.1. The summed E-state index contributed by atoms with van der Waals surface area (Å²) in [6.45, 7) is 2.76. The van der Waals surface area contributed by atoms with E-state index in [4.69, 9.17) is 4.74 Å². The molecule has 2 atom stereocenters. The molecule has 1 aliphatic heterocycles. The first-order chi connectivity index (χ1) is 4.33. The smallest absolute Gasteiger partial charge is 0.123 e. The average molecular weight is 128 g/mol. The Labute approximate surface area is 55.2 Å². The first-order valence-corrected chi connectivity index (χ1v) is 3.40. The van der Waals surface area contributed by atoms with E-state index in [9.17, 15) is 4.79 Å². The molecular formula is C7H12O2. The van der Waals surface area contributed by atoms with E-state index >= 15 is 0 Å². The van der Waals surface area contributed by atoms with Crippen LogP contribution in [0.15, 0.2) is 0 Å². The van der Waals surface area contributed by atoms with E-state index in [0.717, 1.165) is 25.7 Å². The predicted molar refractivity (Wildman–Crippen MR) is 34.2 cm³/mol. The fourth-order valence-electron chi connectivity index (χ4n) is 1.16. The highest BCUT2D eigenvalue weighted by molar-refractivity contribution is 5.53. The van der Waals surface area contributed by atoms with Crippen molar-refractivity contribution in [2.24, 2.45) is 5.92 Å². The van der Waals surface area contributed by atoms with Gasteiger partial charge in [-0.25, -0.2) is 0 Å². The molecule has 2 heteroatoms. The van der Waals surface area contributed by atoms with Crippen LogP contribution in [0.2, 0.25) is 0 Å². The maximum absolute atomic E-state index is 10.2. The summed E-state index contributed by atoms with van der Waals surface area (Å²) in [5, 5.41) is 0. The van der Waals surface area contributed by atoms with E-state index in [-0.39, 0.29) is 12.0 Å². The van der Waals surface area contributed by atoms with Gasteiger partial charge in [-0.1, -0.05) is 0 Å². The number of carbonyl (C=O) groups is 1. The summed E-state index contributed by atoms with van der Waals surface area (Å²) in [5.41, 5.74) is 0. The first-order valence-electron chi connectivity index (χ1n) is 3.40. The molecule has 2 nitrogen and oxygen atoms in total. The van der Waals surface area contributed by atoms with Crippen LogP contribution in [0.1, 0.15) is 19.8 Å². The van der Waals surface area contributed by atoms with Gasteiger partial charge in [0.25, 0.3) is 0 Å². The number of aldehydes is 1. The lowest BCUT2D eigenvalue weighted by Gasteiger charge is -2.22. The Morgan fingerprint density at radius 2 is 2.44 bits per heavy atom. The van der Waals surface area contributed by atoms with E-state index in [1.165, 1.54) is 0 Å². The SMILES string of the molecule is C[C@H]1C[C@@H](C=O)CCO1. The van der Waals surface area contributed by atoms with Crippen LogP contribution in [0.5, 0.6) is 0 Å². The maximum Gasteiger partial charge on any atom is 0.123 e. The van der Waals surface area contributed by atoms with Gasteiger partial charge >= 0.3 is 0 Å². The molecule has 0 radical (unpaired) electrons. The van der Waals surface area contributed by atoms with Crippen molar-refractivity contribution in [3.63, 3.8) is 0 Å². The monoisotopic (exact) mass is 128 g/mol. The summed E-state index contributed by atoms with van der Waals surface area (Å²) in [7, 11) is 0. The zero-order valence-electron chi connectivity index (χ0n) is 5.67. The first kappa shape index (κ1) is 6.75. The predicted octanol–water partition coefficient (Wildman–Crippen LogP) is 1.00. The van der Waals surface area contributed by atoms with E-state index < -0.39 is 0 Å². The lowest BCUT2D eigenvalue weighted by molar-refractivity contribution is -0.115. The summed E-state index contributed by atoms with van der Waals surface area (Å²) >= 11 is 0. The van der Waals surface area contributed by atoms with Gasteiger partial charge in [0.05, 0.1) is 6.10 Å². The van der Waals surface area contributed by atoms with Crippen molar-refractivity contribution < 1.29 is 9.53 Å². The minimum Gasteiger partial charge on any atom is -0.378 e. The molecule has 1 rings (SSSR count). The van der Waals surface area contributed by atoms with Crippen molar-refractivity contribution in [1.29, 1.82) is 0 Å². The maximum atomic E-state index is 10.2. The fourth-order valence-corrected chi connectivity index (χ4v) is 1.16. The summed E-state index contributed by atoms with van der Waals surface area (Å²) in [4.78, 5) is 10.2. The van der Waals surface area contributed by atoms with Gasteiger partial charge in [0.15, 0.2) is 0 Å². The number of hydrogen-bond acceptors (Lipinski definition) is 2. The molecule has 0 saturated carbocycles. The molecule has 0 spiro atoms. The van der Waals surface area contributed by atoms with Crippen LogP contribution in [0.4, 0.5) is 0 Å². The Morgan fingerprint density at radius 3 is 2.89 bits per heavy atom. The summed E-state index contributed by atoms with van der Waals surface area (Å²) in [6.07, 6.45) is 3.14. The number of ether oxygens (including phenoxy) is 1. The van der Waals surface area contributed by atoms with Crippen molar-refractivity contribution in [3.8, 4) is 0 Å². The average Bonchev–Trinajstić information content (AvgIpc) is 1.88. The second-order valence-electron chi connectivity index (χ2n) is 2.60. The van der Waals surface area contributed by atoms with E-state index in [1.807, 2.05) is 6.92 Å². The Kier molecular flexibility index (Phi) is 2.22. The van der Waals surface area contributed by atoms with Crippen molar-refractivity contribution in [3.05, 3.63) is 0 Å². The third-order valence-corrected chi connectivity index (χ3v) is 1.72. The van der Waals surface area contributed by atoms with Gasteiger partial charge in [-0.2, -0.15) is 0 Å². The molecule has 0 aliphatic carbocycles. The van der Waals surface area contributed by atoms with Gasteiger partial charge in [-0.15, -0.1) is 0 Å². The third kappa shape index (κ3) is 1.79. The standard InChI is InChI=1S/C7H12O2/c1-6-4-7(5-8)2-3-9-6/h5-7H,2-4H2,1H3/t6-,7-/m0/s1. The van der Waals surface area contributed by atoms with Gasteiger partial charge in [-0.05, 0) is 19.8 Å². The van der Waals surface area contributed by atoms with Crippen LogP contribution in [-0.2, 0) is 9.53 Å². The van der Waals surface area contributed by atoms with Crippen molar-refractivity contribution in [2.45, 2.75) is 25.9 Å². The molecule has 1 saturated heterocycles. The molecule has 0 aromatic rings. The molecule has 0 aromatic heterocycles. The van der Waals surface area contributed by atoms with Crippen molar-refractivity contribution in [2.75, 3.05) is 6.61 Å². The molecule has 1 fully saturated rings. The molecule has 1 aliphatic rings. The van der Waals surface area contributed by atoms with Gasteiger partial charge in [-0.3, -0.25) is 0 Å². The van der Waals surface area contributed by atoms with Crippen LogP contribution in [0, 0.1) is 5.92 Å². The lowest BCUT2D eigenvalue weighted by atomic mass is 9.98. The van der Waals surface area contributed by atoms with Gasteiger partial charge in [0.2, 0.25) is 0 Å². The quantitative estimate of drug-likeness (QED) is 0.492. The van der Waals surface area contributed by atoms with Crippen LogP contribution in [-0.4, -0.2) is 19.0 Å². The summed E-state index contributed by atoms with van der Waals surface area (Å²) in [5.74, 6) is 0.258.